The standard InChI is InChI=1S/C20H23N3O3/c1-14(18(24)23(2)20(13-21)10-6-3-7-11-20)26-19(25)16-12-22-17-9-5-4-8-15(16)17/h4-5,8-9,12,14,22H,3,6-7,10-11H2,1-2H3/t14-/m1/s1. The molecule has 1 aromatic heterocycles. The van der Waals surface area contributed by atoms with Crippen LogP contribution < -0.4 is 0 Å². The molecule has 3 rings (SSSR count). The first-order valence-corrected chi connectivity index (χ1v) is 8.94. The Morgan fingerprint density at radius 1 is 1.27 bits per heavy atom. The van der Waals surface area contributed by atoms with Crippen molar-refractivity contribution in [3.63, 3.8) is 0 Å². The molecule has 0 spiro atoms. The Balaban J connectivity index is 1.72. The minimum Gasteiger partial charge on any atom is -0.449 e. The van der Waals surface area contributed by atoms with Crippen molar-refractivity contribution in [3.8, 4) is 6.07 Å². The Morgan fingerprint density at radius 3 is 2.65 bits per heavy atom. The van der Waals surface area contributed by atoms with E-state index in [4.69, 9.17) is 4.74 Å². The smallest absolute Gasteiger partial charge is 0.341 e. The molecule has 0 bridgehead atoms. The van der Waals surface area contributed by atoms with Crippen molar-refractivity contribution in [1.29, 1.82) is 5.26 Å². The topological polar surface area (TPSA) is 86.2 Å². The van der Waals surface area contributed by atoms with Gasteiger partial charge in [-0.25, -0.2) is 4.79 Å². The molecule has 1 fully saturated rings. The number of aromatic amines is 1. The highest BCUT2D eigenvalue weighted by Gasteiger charge is 2.40. The van der Waals surface area contributed by atoms with Gasteiger partial charge in [-0.1, -0.05) is 37.5 Å². The number of esters is 1. The van der Waals surface area contributed by atoms with E-state index < -0.39 is 17.6 Å². The van der Waals surface area contributed by atoms with Crippen LogP contribution in [0.4, 0.5) is 0 Å². The lowest BCUT2D eigenvalue weighted by molar-refractivity contribution is -0.143. The molecular formula is C20H23N3O3. The van der Waals surface area contributed by atoms with Crippen molar-refractivity contribution in [2.24, 2.45) is 0 Å². The fraction of sp³-hybridized carbons (Fsp3) is 0.450. The maximum atomic E-state index is 12.8. The van der Waals surface area contributed by atoms with Crippen LogP contribution in [0.3, 0.4) is 0 Å². The average molecular weight is 353 g/mol. The number of H-pyrrole nitrogens is 1. The van der Waals surface area contributed by atoms with E-state index >= 15 is 0 Å². The number of ether oxygens (including phenoxy) is 1. The Hall–Kier alpha value is -2.81. The minimum atomic E-state index is -0.951. The van der Waals surface area contributed by atoms with Gasteiger partial charge in [0.05, 0.1) is 11.6 Å². The normalized spacial score (nSPS) is 17.3. The zero-order valence-corrected chi connectivity index (χ0v) is 15.1. The van der Waals surface area contributed by atoms with E-state index in [1.165, 1.54) is 4.90 Å². The second-order valence-corrected chi connectivity index (χ2v) is 6.90. The Kier molecular flexibility index (Phi) is 4.99. The van der Waals surface area contributed by atoms with Gasteiger partial charge < -0.3 is 14.6 Å². The van der Waals surface area contributed by atoms with Gasteiger partial charge in [0.15, 0.2) is 6.10 Å². The number of rotatable bonds is 4. The quantitative estimate of drug-likeness (QED) is 0.854. The Labute approximate surface area is 152 Å². The molecule has 1 aromatic carbocycles. The van der Waals surface area contributed by atoms with E-state index in [-0.39, 0.29) is 5.91 Å². The number of carbonyl (C=O) groups is 2. The highest BCUT2D eigenvalue weighted by Crippen LogP contribution is 2.33. The average Bonchev–Trinajstić information content (AvgIpc) is 3.11. The molecule has 26 heavy (non-hydrogen) atoms. The summed E-state index contributed by atoms with van der Waals surface area (Å²) in [5, 5.41) is 10.4. The molecular weight excluding hydrogens is 330 g/mol. The molecule has 1 saturated carbocycles. The zero-order valence-electron chi connectivity index (χ0n) is 15.1. The second-order valence-electron chi connectivity index (χ2n) is 6.90. The molecule has 1 heterocycles. The van der Waals surface area contributed by atoms with Crippen LogP contribution in [0.2, 0.25) is 0 Å². The summed E-state index contributed by atoms with van der Waals surface area (Å²) in [6, 6.07) is 9.73. The molecule has 0 saturated heterocycles. The lowest BCUT2D eigenvalue weighted by Gasteiger charge is -2.39. The van der Waals surface area contributed by atoms with Gasteiger partial charge in [-0.3, -0.25) is 4.79 Å². The van der Waals surface area contributed by atoms with Crippen LogP contribution in [0.5, 0.6) is 0 Å². The van der Waals surface area contributed by atoms with Crippen molar-refractivity contribution < 1.29 is 14.3 Å². The highest BCUT2D eigenvalue weighted by molar-refractivity contribution is 6.04. The first kappa shape index (κ1) is 18.0. The molecule has 6 heteroatoms. The number of fused-ring (bicyclic) bond motifs is 1. The van der Waals surface area contributed by atoms with Gasteiger partial charge in [-0.05, 0) is 25.8 Å². The predicted molar refractivity (Wildman–Crippen MR) is 97.4 cm³/mol. The SMILES string of the molecule is C[C@@H](OC(=O)c1c[nH]c2ccccc12)C(=O)N(C)C1(C#N)CCCCC1. The van der Waals surface area contributed by atoms with E-state index in [0.717, 1.165) is 30.2 Å². The third kappa shape index (κ3) is 3.17. The van der Waals surface area contributed by atoms with Gasteiger partial charge in [0.1, 0.15) is 5.54 Å². The number of aromatic nitrogens is 1. The molecule has 1 aliphatic carbocycles. The van der Waals surface area contributed by atoms with Gasteiger partial charge in [-0.2, -0.15) is 5.26 Å². The maximum Gasteiger partial charge on any atom is 0.341 e. The van der Waals surface area contributed by atoms with Crippen molar-refractivity contribution in [3.05, 3.63) is 36.0 Å². The largest absolute Gasteiger partial charge is 0.449 e. The lowest BCUT2D eigenvalue weighted by Crippen LogP contribution is -2.53. The summed E-state index contributed by atoms with van der Waals surface area (Å²) < 4.78 is 5.41. The molecule has 1 amide bonds. The Morgan fingerprint density at radius 2 is 1.96 bits per heavy atom. The number of hydrogen-bond donors (Lipinski definition) is 1. The molecule has 6 nitrogen and oxygen atoms in total. The number of carbonyl (C=O) groups excluding carboxylic acids is 2. The van der Waals surface area contributed by atoms with E-state index in [1.54, 1.807) is 20.2 Å². The summed E-state index contributed by atoms with van der Waals surface area (Å²) in [4.78, 5) is 29.8. The summed E-state index contributed by atoms with van der Waals surface area (Å²) in [5.74, 6) is -0.895. The van der Waals surface area contributed by atoms with Crippen LogP contribution in [0, 0.1) is 11.3 Å². The summed E-state index contributed by atoms with van der Waals surface area (Å²) in [6.07, 6.45) is 4.89. The van der Waals surface area contributed by atoms with Gasteiger partial charge in [0.25, 0.3) is 5.91 Å². The maximum absolute atomic E-state index is 12.8. The molecule has 0 radical (unpaired) electrons. The third-order valence-corrected chi connectivity index (χ3v) is 5.30. The number of amides is 1. The summed E-state index contributed by atoms with van der Waals surface area (Å²) >= 11 is 0. The molecule has 136 valence electrons. The summed E-state index contributed by atoms with van der Waals surface area (Å²) in [6.45, 7) is 1.56. The van der Waals surface area contributed by atoms with Crippen LogP contribution in [-0.2, 0) is 9.53 Å². The van der Waals surface area contributed by atoms with Crippen LogP contribution in [0.15, 0.2) is 30.5 Å². The minimum absolute atomic E-state index is 0.346. The van der Waals surface area contributed by atoms with Crippen LogP contribution in [0.1, 0.15) is 49.4 Å². The van der Waals surface area contributed by atoms with E-state index in [2.05, 4.69) is 11.1 Å². The second kappa shape index (κ2) is 7.20. The zero-order chi connectivity index (χ0) is 18.7. The molecule has 0 aliphatic heterocycles. The number of nitrogens with one attached hydrogen (secondary N) is 1. The van der Waals surface area contributed by atoms with Gasteiger partial charge >= 0.3 is 5.97 Å². The molecule has 1 N–H and O–H groups in total. The summed E-state index contributed by atoms with van der Waals surface area (Å²) in [7, 11) is 1.63. The Bertz CT molecular complexity index is 859. The van der Waals surface area contributed by atoms with Crippen molar-refractivity contribution in [2.45, 2.75) is 50.7 Å². The summed E-state index contributed by atoms with van der Waals surface area (Å²) in [5.41, 5.74) is 0.438. The fourth-order valence-electron chi connectivity index (χ4n) is 3.66. The van der Waals surface area contributed by atoms with E-state index in [9.17, 15) is 14.9 Å². The van der Waals surface area contributed by atoms with Gasteiger partial charge in [0.2, 0.25) is 0 Å². The number of nitriles is 1. The molecule has 1 aliphatic rings. The van der Waals surface area contributed by atoms with Crippen LogP contribution >= 0.6 is 0 Å². The monoisotopic (exact) mass is 353 g/mol. The first-order chi connectivity index (χ1) is 12.5. The molecule has 0 unspecified atom stereocenters. The van der Waals surface area contributed by atoms with Gasteiger partial charge in [-0.15, -0.1) is 0 Å². The van der Waals surface area contributed by atoms with Crippen molar-refractivity contribution in [1.82, 2.24) is 9.88 Å². The molecule has 2 aromatic rings. The first-order valence-electron chi connectivity index (χ1n) is 8.94. The number of hydrogen-bond acceptors (Lipinski definition) is 4. The van der Waals surface area contributed by atoms with E-state index in [1.807, 2.05) is 24.3 Å². The van der Waals surface area contributed by atoms with Crippen molar-refractivity contribution in [2.75, 3.05) is 7.05 Å². The van der Waals surface area contributed by atoms with E-state index in [0.29, 0.717) is 18.4 Å². The molecule has 1 atom stereocenters. The number of nitrogens with zero attached hydrogens (tertiary/aromatic N) is 2. The van der Waals surface area contributed by atoms with Gasteiger partial charge in [0, 0.05) is 24.1 Å². The third-order valence-electron chi connectivity index (χ3n) is 5.30. The van der Waals surface area contributed by atoms with Crippen LogP contribution in [-0.4, -0.2) is 40.5 Å². The number of para-hydroxylation sites is 1. The number of benzene rings is 1. The lowest BCUT2D eigenvalue weighted by atomic mass is 9.81. The number of likely N-dealkylation sites (N-methyl/N-ethyl adjacent to an activating group) is 1. The van der Waals surface area contributed by atoms with Crippen molar-refractivity contribution >= 4 is 22.8 Å². The predicted octanol–water partition coefficient (Wildman–Crippen LogP) is 3.40. The fourth-order valence-corrected chi connectivity index (χ4v) is 3.66. The van der Waals surface area contributed by atoms with Crippen LogP contribution in [0.25, 0.3) is 10.9 Å². The highest BCUT2D eigenvalue weighted by atomic mass is 16.5.